The molecule has 1 atom stereocenters. The topological polar surface area (TPSA) is 71.1 Å². The summed E-state index contributed by atoms with van der Waals surface area (Å²) >= 11 is 7.54. The molecule has 1 unspecified atom stereocenters. The molecule has 0 saturated carbocycles. The molecule has 152 valence electrons. The molecule has 0 fully saturated rings. The third-order valence-corrected chi connectivity index (χ3v) is 5.50. The number of hydrogen-bond donors (Lipinski definition) is 2. The van der Waals surface area contributed by atoms with Gasteiger partial charge in [-0.05, 0) is 62.8 Å². The molecule has 1 heterocycles. The number of thiazole rings is 1. The van der Waals surface area contributed by atoms with Crippen molar-refractivity contribution in [1.29, 1.82) is 0 Å². The first-order valence-corrected chi connectivity index (χ1v) is 10.9. The second-order valence-corrected chi connectivity index (χ2v) is 8.67. The van der Waals surface area contributed by atoms with Gasteiger partial charge in [-0.1, -0.05) is 25.4 Å². The van der Waals surface area contributed by atoms with Gasteiger partial charge in [-0.3, -0.25) is 9.59 Å². The van der Waals surface area contributed by atoms with E-state index in [0.29, 0.717) is 23.6 Å². The van der Waals surface area contributed by atoms with Crippen LogP contribution in [0, 0.1) is 12.8 Å². The summed E-state index contributed by atoms with van der Waals surface area (Å²) < 4.78 is 0. The van der Waals surface area contributed by atoms with Crippen molar-refractivity contribution in [3.05, 3.63) is 50.9 Å². The molecule has 2 rings (SSSR count). The number of unbranched alkanes of at least 4 members (excludes halogenated alkanes) is 1. The Morgan fingerprint density at radius 3 is 2.50 bits per heavy atom. The van der Waals surface area contributed by atoms with Crippen molar-refractivity contribution in [3.8, 4) is 0 Å². The summed E-state index contributed by atoms with van der Waals surface area (Å²) in [5.41, 5.74) is 1.55. The smallest absolute Gasteiger partial charge is 0.251 e. The van der Waals surface area contributed by atoms with E-state index in [-0.39, 0.29) is 17.7 Å². The molecule has 0 saturated heterocycles. The van der Waals surface area contributed by atoms with Gasteiger partial charge in [-0.25, -0.2) is 4.98 Å². The van der Waals surface area contributed by atoms with Gasteiger partial charge in [0.05, 0.1) is 5.01 Å². The normalized spacial score (nSPS) is 12.0. The first kappa shape index (κ1) is 22.4. The fourth-order valence-corrected chi connectivity index (χ4v) is 3.74. The number of benzene rings is 1. The molecule has 0 radical (unpaired) electrons. The summed E-state index contributed by atoms with van der Waals surface area (Å²) in [5, 5.41) is 9.56. The molecule has 1 aromatic heterocycles. The van der Waals surface area contributed by atoms with Crippen LogP contribution < -0.4 is 10.6 Å². The van der Waals surface area contributed by atoms with Gasteiger partial charge in [0.15, 0.2) is 0 Å². The Hall–Kier alpha value is -1.92. The van der Waals surface area contributed by atoms with Crippen molar-refractivity contribution in [2.24, 2.45) is 5.92 Å². The van der Waals surface area contributed by atoms with Gasteiger partial charge in [0.2, 0.25) is 5.91 Å². The zero-order valence-corrected chi connectivity index (χ0v) is 18.2. The molecule has 0 bridgehead atoms. The molecule has 0 aliphatic heterocycles. The molecule has 1 aromatic carbocycles. The Labute approximate surface area is 175 Å². The highest BCUT2D eigenvalue weighted by molar-refractivity contribution is 7.09. The number of carbonyl (C=O) groups is 2. The van der Waals surface area contributed by atoms with Crippen molar-refractivity contribution < 1.29 is 9.59 Å². The number of carbonyl (C=O) groups excluding carboxylic acids is 2. The van der Waals surface area contributed by atoms with Gasteiger partial charge in [-0.2, -0.15) is 0 Å². The Kier molecular flexibility index (Phi) is 8.93. The molecule has 0 aliphatic rings. The molecule has 2 amide bonds. The second-order valence-electron chi connectivity index (χ2n) is 7.29. The lowest BCUT2D eigenvalue weighted by molar-refractivity contribution is -0.123. The van der Waals surface area contributed by atoms with E-state index in [2.05, 4.69) is 21.0 Å². The lowest BCUT2D eigenvalue weighted by Crippen LogP contribution is -2.47. The number of aryl methyl sites for hydroxylation is 2. The first-order chi connectivity index (χ1) is 13.3. The zero-order valence-electron chi connectivity index (χ0n) is 16.6. The van der Waals surface area contributed by atoms with Gasteiger partial charge in [0.25, 0.3) is 5.91 Å². The minimum Gasteiger partial charge on any atom is -0.354 e. The summed E-state index contributed by atoms with van der Waals surface area (Å²) in [5.74, 6) is -0.118. The Morgan fingerprint density at radius 2 is 1.89 bits per heavy atom. The molecule has 2 N–H and O–H groups in total. The van der Waals surface area contributed by atoms with Crippen molar-refractivity contribution >= 4 is 34.8 Å². The van der Waals surface area contributed by atoms with Gasteiger partial charge in [-0.15, -0.1) is 11.3 Å². The molecule has 2 aromatic rings. The Balaban J connectivity index is 1.80. The van der Waals surface area contributed by atoms with Crippen LogP contribution in [0.1, 0.15) is 54.2 Å². The summed E-state index contributed by atoms with van der Waals surface area (Å²) in [6, 6.07) is 6.09. The quantitative estimate of drug-likeness (QED) is 0.559. The predicted octanol–water partition coefficient (Wildman–Crippen LogP) is 4.39. The Bertz CT molecular complexity index is 774. The standard InChI is InChI=1S/C21H28ClN3O2S/c1-14(2)12-18(25-20(26)16-7-9-17(22)10-8-16)21(27)23-11-5-4-6-19-24-15(3)13-28-19/h7-10,13-14,18H,4-6,11-12H2,1-3H3,(H,23,27)(H,25,26). The lowest BCUT2D eigenvalue weighted by atomic mass is 10.0. The predicted molar refractivity (Wildman–Crippen MR) is 115 cm³/mol. The molecule has 0 spiro atoms. The van der Waals surface area contributed by atoms with Crippen LogP contribution in [0.25, 0.3) is 0 Å². The maximum atomic E-state index is 12.6. The number of hydrogen-bond acceptors (Lipinski definition) is 4. The highest BCUT2D eigenvalue weighted by atomic mass is 35.5. The lowest BCUT2D eigenvalue weighted by Gasteiger charge is -2.20. The van der Waals surface area contributed by atoms with Crippen LogP contribution in [-0.2, 0) is 11.2 Å². The number of halogens is 1. The summed E-state index contributed by atoms with van der Waals surface area (Å²) in [4.78, 5) is 29.5. The largest absolute Gasteiger partial charge is 0.354 e. The number of amides is 2. The minimum atomic E-state index is -0.551. The van der Waals surface area contributed by atoms with Crippen molar-refractivity contribution in [2.75, 3.05) is 6.54 Å². The van der Waals surface area contributed by atoms with Crippen molar-refractivity contribution in [3.63, 3.8) is 0 Å². The van der Waals surface area contributed by atoms with E-state index in [9.17, 15) is 9.59 Å². The van der Waals surface area contributed by atoms with Crippen LogP contribution in [0.15, 0.2) is 29.6 Å². The van der Waals surface area contributed by atoms with Crippen LogP contribution in [0.3, 0.4) is 0 Å². The Morgan fingerprint density at radius 1 is 1.18 bits per heavy atom. The SMILES string of the molecule is Cc1csc(CCCCNC(=O)C(CC(C)C)NC(=O)c2ccc(Cl)cc2)n1. The molecule has 5 nitrogen and oxygen atoms in total. The van der Waals surface area contributed by atoms with Gasteiger partial charge in [0, 0.05) is 28.2 Å². The van der Waals surface area contributed by atoms with E-state index in [1.54, 1.807) is 35.6 Å². The molecular formula is C21H28ClN3O2S. The van der Waals surface area contributed by atoms with Crippen LogP contribution in [0.4, 0.5) is 0 Å². The van der Waals surface area contributed by atoms with Crippen LogP contribution in [-0.4, -0.2) is 29.4 Å². The van der Waals surface area contributed by atoms with Crippen LogP contribution >= 0.6 is 22.9 Å². The van der Waals surface area contributed by atoms with E-state index in [1.807, 2.05) is 20.8 Å². The number of rotatable bonds is 10. The third kappa shape index (κ3) is 7.60. The number of nitrogens with one attached hydrogen (secondary N) is 2. The molecular weight excluding hydrogens is 394 g/mol. The minimum absolute atomic E-state index is 0.138. The van der Waals surface area contributed by atoms with Crippen molar-refractivity contribution in [1.82, 2.24) is 15.6 Å². The summed E-state index contributed by atoms with van der Waals surface area (Å²) in [6.07, 6.45) is 3.36. The average Bonchev–Trinajstić information content (AvgIpc) is 3.06. The van der Waals surface area contributed by atoms with Crippen LogP contribution in [0.5, 0.6) is 0 Å². The molecule has 28 heavy (non-hydrogen) atoms. The number of nitrogens with zero attached hydrogens (tertiary/aromatic N) is 1. The first-order valence-electron chi connectivity index (χ1n) is 9.60. The average molecular weight is 422 g/mol. The van der Waals surface area contributed by atoms with Crippen molar-refractivity contribution in [2.45, 2.75) is 52.5 Å². The highest BCUT2D eigenvalue weighted by Crippen LogP contribution is 2.12. The zero-order chi connectivity index (χ0) is 20.5. The monoisotopic (exact) mass is 421 g/mol. The fourth-order valence-electron chi connectivity index (χ4n) is 2.80. The maximum absolute atomic E-state index is 12.6. The molecule has 7 heteroatoms. The summed E-state index contributed by atoms with van der Waals surface area (Å²) in [7, 11) is 0. The van der Waals surface area contributed by atoms with E-state index < -0.39 is 6.04 Å². The third-order valence-electron chi connectivity index (χ3n) is 4.22. The van der Waals surface area contributed by atoms with E-state index in [4.69, 9.17) is 11.6 Å². The fraction of sp³-hybridized carbons (Fsp3) is 0.476. The maximum Gasteiger partial charge on any atom is 0.251 e. The molecule has 0 aliphatic carbocycles. The van der Waals surface area contributed by atoms with E-state index in [1.165, 1.54) is 0 Å². The van der Waals surface area contributed by atoms with Crippen LogP contribution in [0.2, 0.25) is 5.02 Å². The highest BCUT2D eigenvalue weighted by Gasteiger charge is 2.22. The van der Waals surface area contributed by atoms with Gasteiger partial charge < -0.3 is 10.6 Å². The summed E-state index contributed by atoms with van der Waals surface area (Å²) in [6.45, 7) is 6.65. The second kappa shape index (κ2) is 11.2. The van der Waals surface area contributed by atoms with E-state index >= 15 is 0 Å². The van der Waals surface area contributed by atoms with E-state index in [0.717, 1.165) is 30.0 Å². The van der Waals surface area contributed by atoms with Gasteiger partial charge >= 0.3 is 0 Å². The number of aromatic nitrogens is 1. The van der Waals surface area contributed by atoms with Gasteiger partial charge in [0.1, 0.15) is 6.04 Å².